The summed E-state index contributed by atoms with van der Waals surface area (Å²) in [5.41, 5.74) is 0.348. The summed E-state index contributed by atoms with van der Waals surface area (Å²) in [4.78, 5) is 13.0. The summed E-state index contributed by atoms with van der Waals surface area (Å²) in [5.74, 6) is 0. The zero-order valence-corrected chi connectivity index (χ0v) is 12.1. The monoisotopic (exact) mass is 332 g/mol. The fraction of sp³-hybridized carbons (Fsp3) is 0.462. The lowest BCUT2D eigenvalue weighted by molar-refractivity contribution is -0.0947. The molecule has 6 N–H and O–H groups in total. The molecule has 8 nitrogen and oxygen atoms in total. The standard InChI is InChI=1S/C13H17ClN2O6/c14-6-1-3-7(4-2-6)16-12(21)9(15-13(16)22)11(20)10(19)8(18)5-17/h1-4,8-12,17-21H,5H2,(H,15,22)/t8-,9+,10-,11-,12+/m1/s1. The highest BCUT2D eigenvalue weighted by Crippen LogP contribution is 2.26. The molecule has 9 heteroatoms. The molecule has 0 bridgehead atoms. The van der Waals surface area contributed by atoms with Gasteiger partial charge >= 0.3 is 6.03 Å². The predicted octanol–water partition coefficient (Wildman–Crippen LogP) is -1.37. The van der Waals surface area contributed by atoms with Crippen molar-refractivity contribution in [3.63, 3.8) is 0 Å². The number of nitrogens with zero attached hydrogens (tertiary/aromatic N) is 1. The Morgan fingerprint density at radius 1 is 1.23 bits per heavy atom. The van der Waals surface area contributed by atoms with Crippen LogP contribution in [0.15, 0.2) is 24.3 Å². The summed E-state index contributed by atoms with van der Waals surface area (Å²) in [7, 11) is 0. The molecule has 2 rings (SSSR count). The van der Waals surface area contributed by atoms with Crippen molar-refractivity contribution in [3.05, 3.63) is 29.3 Å². The molecule has 1 heterocycles. The molecule has 22 heavy (non-hydrogen) atoms. The maximum atomic E-state index is 12.0. The van der Waals surface area contributed by atoms with Gasteiger partial charge in [-0.3, -0.25) is 4.90 Å². The van der Waals surface area contributed by atoms with Crippen molar-refractivity contribution in [2.24, 2.45) is 0 Å². The maximum Gasteiger partial charge on any atom is 0.324 e. The van der Waals surface area contributed by atoms with Crippen LogP contribution in [0.25, 0.3) is 0 Å². The van der Waals surface area contributed by atoms with E-state index in [1.807, 2.05) is 0 Å². The minimum atomic E-state index is -1.73. The van der Waals surface area contributed by atoms with E-state index in [4.69, 9.17) is 16.7 Å². The molecule has 1 saturated heterocycles. The summed E-state index contributed by atoms with van der Waals surface area (Å²) < 4.78 is 0. The zero-order valence-electron chi connectivity index (χ0n) is 11.4. The van der Waals surface area contributed by atoms with Crippen molar-refractivity contribution in [2.45, 2.75) is 30.6 Å². The van der Waals surface area contributed by atoms with Crippen LogP contribution in [0.5, 0.6) is 0 Å². The van der Waals surface area contributed by atoms with Gasteiger partial charge in [0.2, 0.25) is 0 Å². The molecule has 0 spiro atoms. The van der Waals surface area contributed by atoms with Gasteiger partial charge in [0, 0.05) is 10.7 Å². The Morgan fingerprint density at radius 3 is 2.36 bits per heavy atom. The molecule has 0 aromatic heterocycles. The predicted molar refractivity (Wildman–Crippen MR) is 77.4 cm³/mol. The lowest BCUT2D eigenvalue weighted by Crippen LogP contribution is -2.53. The Kier molecular flexibility index (Phi) is 5.22. The second kappa shape index (κ2) is 6.78. The Labute approximate surface area is 131 Å². The molecule has 1 aliphatic heterocycles. The van der Waals surface area contributed by atoms with Gasteiger partial charge < -0.3 is 30.8 Å². The number of aliphatic hydroxyl groups is 5. The first-order valence-electron chi connectivity index (χ1n) is 6.55. The van der Waals surface area contributed by atoms with Gasteiger partial charge in [-0.25, -0.2) is 4.79 Å². The number of rotatable bonds is 5. The van der Waals surface area contributed by atoms with Gasteiger partial charge in [-0.2, -0.15) is 0 Å². The van der Waals surface area contributed by atoms with Gasteiger partial charge in [0.1, 0.15) is 24.4 Å². The van der Waals surface area contributed by atoms with E-state index in [1.165, 1.54) is 24.3 Å². The molecule has 1 aromatic carbocycles. The lowest BCUT2D eigenvalue weighted by atomic mass is 10.0. The number of hydrogen-bond donors (Lipinski definition) is 6. The van der Waals surface area contributed by atoms with Gasteiger partial charge in [0.15, 0.2) is 6.23 Å². The van der Waals surface area contributed by atoms with Crippen LogP contribution in [-0.2, 0) is 0 Å². The van der Waals surface area contributed by atoms with Crippen molar-refractivity contribution in [1.29, 1.82) is 0 Å². The summed E-state index contributed by atoms with van der Waals surface area (Å²) in [6.07, 6.45) is -6.46. The number of hydrogen-bond acceptors (Lipinski definition) is 6. The van der Waals surface area contributed by atoms with Gasteiger partial charge in [-0.1, -0.05) is 11.6 Å². The first-order chi connectivity index (χ1) is 10.4. The van der Waals surface area contributed by atoms with E-state index >= 15 is 0 Å². The Balaban J connectivity index is 2.17. The average Bonchev–Trinajstić information content (AvgIpc) is 2.81. The van der Waals surface area contributed by atoms with Crippen molar-refractivity contribution < 1.29 is 30.3 Å². The van der Waals surface area contributed by atoms with E-state index in [0.717, 1.165) is 4.90 Å². The van der Waals surface area contributed by atoms with Crippen LogP contribution in [0.1, 0.15) is 0 Å². The number of benzene rings is 1. The number of amides is 2. The highest BCUT2D eigenvalue weighted by atomic mass is 35.5. The van der Waals surface area contributed by atoms with Crippen LogP contribution in [-0.4, -0.2) is 68.8 Å². The molecule has 0 radical (unpaired) electrons. The first kappa shape index (κ1) is 16.9. The zero-order chi connectivity index (χ0) is 16.4. The van der Waals surface area contributed by atoms with Gasteiger partial charge in [-0.05, 0) is 24.3 Å². The van der Waals surface area contributed by atoms with Crippen molar-refractivity contribution in [2.75, 3.05) is 11.5 Å². The summed E-state index contributed by atoms with van der Waals surface area (Å²) in [6, 6.07) is 4.18. The number of carbonyl (C=O) groups excluding carboxylic acids is 1. The largest absolute Gasteiger partial charge is 0.394 e. The van der Waals surface area contributed by atoms with Crippen LogP contribution in [0, 0.1) is 0 Å². The fourth-order valence-electron chi connectivity index (χ4n) is 2.25. The number of halogens is 1. The quantitative estimate of drug-likeness (QED) is 0.394. The van der Waals surface area contributed by atoms with E-state index < -0.39 is 43.2 Å². The SMILES string of the molecule is O=C1N[C@@H]([C@@H](O)[C@H](O)[C@H](O)CO)[C@H](O)N1c1ccc(Cl)cc1. The normalized spacial score (nSPS) is 25.7. The fourth-order valence-corrected chi connectivity index (χ4v) is 2.37. The van der Waals surface area contributed by atoms with E-state index in [-0.39, 0.29) is 0 Å². The third-order valence-corrected chi connectivity index (χ3v) is 3.75. The van der Waals surface area contributed by atoms with Crippen LogP contribution in [0.2, 0.25) is 5.02 Å². The topological polar surface area (TPSA) is 133 Å². The highest BCUT2D eigenvalue weighted by molar-refractivity contribution is 6.30. The smallest absolute Gasteiger partial charge is 0.324 e. The number of urea groups is 1. The number of anilines is 1. The van der Waals surface area contributed by atoms with Crippen molar-refractivity contribution in [3.8, 4) is 0 Å². The average molecular weight is 333 g/mol. The summed E-state index contributed by atoms with van der Waals surface area (Å²) in [5, 5.41) is 50.8. The molecule has 122 valence electrons. The Bertz CT molecular complexity index is 528. The van der Waals surface area contributed by atoms with Gasteiger partial charge in [-0.15, -0.1) is 0 Å². The Morgan fingerprint density at radius 2 is 1.82 bits per heavy atom. The molecule has 0 saturated carbocycles. The van der Waals surface area contributed by atoms with Gasteiger partial charge in [0.25, 0.3) is 0 Å². The van der Waals surface area contributed by atoms with Gasteiger partial charge in [0.05, 0.1) is 6.61 Å². The van der Waals surface area contributed by atoms with E-state index in [1.54, 1.807) is 0 Å². The van der Waals surface area contributed by atoms with Crippen molar-refractivity contribution in [1.82, 2.24) is 5.32 Å². The molecule has 0 unspecified atom stereocenters. The van der Waals surface area contributed by atoms with Crippen LogP contribution in [0.3, 0.4) is 0 Å². The van der Waals surface area contributed by atoms with Crippen molar-refractivity contribution >= 4 is 23.3 Å². The number of carbonyl (C=O) groups is 1. The third kappa shape index (κ3) is 3.17. The molecular formula is C13H17ClN2O6. The minimum absolute atomic E-state index is 0.348. The number of nitrogens with one attached hydrogen (secondary N) is 1. The molecule has 5 atom stereocenters. The lowest BCUT2D eigenvalue weighted by Gasteiger charge is -2.28. The number of aliphatic hydroxyl groups excluding tert-OH is 5. The second-order valence-electron chi connectivity index (χ2n) is 4.97. The Hall–Kier alpha value is -1.42. The molecule has 1 aromatic rings. The minimum Gasteiger partial charge on any atom is -0.394 e. The van der Waals surface area contributed by atoms with Crippen LogP contribution < -0.4 is 10.2 Å². The first-order valence-corrected chi connectivity index (χ1v) is 6.93. The second-order valence-corrected chi connectivity index (χ2v) is 5.40. The van der Waals surface area contributed by atoms with E-state index in [2.05, 4.69) is 5.32 Å². The van der Waals surface area contributed by atoms with Crippen LogP contribution in [0.4, 0.5) is 10.5 Å². The summed E-state index contributed by atoms with van der Waals surface area (Å²) in [6.45, 7) is -0.768. The molecule has 1 fully saturated rings. The molecular weight excluding hydrogens is 316 g/mol. The maximum absolute atomic E-state index is 12.0. The molecule has 0 aliphatic carbocycles. The molecule has 2 amide bonds. The van der Waals surface area contributed by atoms with E-state index in [9.17, 15) is 25.2 Å². The molecule has 1 aliphatic rings. The van der Waals surface area contributed by atoms with Crippen LogP contribution >= 0.6 is 11.6 Å². The van der Waals surface area contributed by atoms with E-state index in [0.29, 0.717) is 10.7 Å². The summed E-state index contributed by atoms with van der Waals surface area (Å²) >= 11 is 5.76. The third-order valence-electron chi connectivity index (χ3n) is 3.50. The highest BCUT2D eigenvalue weighted by Gasteiger charge is 2.46.